The molecule has 0 radical (unpaired) electrons. The van der Waals surface area contributed by atoms with Gasteiger partial charge in [-0.3, -0.25) is 29.2 Å². The van der Waals surface area contributed by atoms with Gasteiger partial charge in [-0.05, 0) is 92.8 Å². The first kappa shape index (κ1) is 61.6. The molecule has 5 aromatic carbocycles. The van der Waals surface area contributed by atoms with Gasteiger partial charge in [-0.1, -0.05) is 95.3 Å². The Morgan fingerprint density at radius 1 is 0.866 bits per heavy atom. The van der Waals surface area contributed by atoms with Gasteiger partial charge in [0.05, 0.1) is 51.7 Å². The highest BCUT2D eigenvalue weighted by Crippen LogP contribution is 2.50. The van der Waals surface area contributed by atoms with E-state index in [-0.39, 0.29) is 117 Å². The number of phenols is 2. The molecular weight excluding hydrogens is 1050 g/mol. The summed E-state index contributed by atoms with van der Waals surface area (Å²) >= 11 is 0. The zero-order chi connectivity index (χ0) is 59.8. The van der Waals surface area contributed by atoms with Crippen LogP contribution in [0.3, 0.4) is 0 Å². The molecule has 5 bridgehead atoms. The van der Waals surface area contributed by atoms with E-state index in [0.29, 0.717) is 24.1 Å². The zero-order valence-electron chi connectivity index (χ0n) is 47.7. The molecule has 82 heavy (non-hydrogen) atoms. The van der Waals surface area contributed by atoms with E-state index in [4.69, 9.17) is 24.6 Å². The Morgan fingerprint density at radius 3 is 2.22 bits per heavy atom. The number of nitrogens with one attached hydrogen (secondary N) is 3. The maximum atomic E-state index is 15.2. The van der Waals surface area contributed by atoms with Gasteiger partial charge in [-0.2, -0.15) is 0 Å². The highest BCUT2D eigenvalue weighted by molar-refractivity contribution is 6.19. The van der Waals surface area contributed by atoms with E-state index in [9.17, 15) is 44.0 Å². The summed E-state index contributed by atoms with van der Waals surface area (Å²) in [7, 11) is 1.00. The number of piperidine rings is 1. The standard InChI is InChI=1S/C60H64F2N6O10.C2H6.CH4O/c1-32-14-12-15-34(3)56(74)65-51-50-49(46-47(53(51)72)52(71)36(5)54-48(46)55(73)59(6,78-54)77-27-13-16-33(2)44(69)31-45(70)35(4)28-32)66-60(67-50)23-25-68(26-24-60)43-22-21-38(61)30-41(43)63-58(76)42(29-37-17-8-7-9-18-37)64-57(75)39-19-10-11-20-40(39)62;2*1-2/h7-15,17-22,27,30,32-33,35,42,44-45,69-72H,16,23-26,28-29,31H2,1-6H3,(H,63,76)(H,64,75)(H,65,74);1-2H3;2H,1H3/b14-12+,27-13+,34-15-;;/t32?,33-,35-,42?,44?,45?,59-;;/m1../s1. The molecule has 5 aliphatic rings. The van der Waals surface area contributed by atoms with Gasteiger partial charge in [0.25, 0.3) is 17.6 Å². The largest absolute Gasteiger partial charge is 0.507 e. The first-order valence-corrected chi connectivity index (χ1v) is 27.7. The van der Waals surface area contributed by atoms with Crippen LogP contribution in [0.4, 0.5) is 25.8 Å². The van der Waals surface area contributed by atoms with Crippen molar-refractivity contribution < 1.29 is 63.0 Å². The number of fused-ring (bicyclic) bond motifs is 13. The van der Waals surface area contributed by atoms with Crippen LogP contribution < -0.4 is 36.3 Å². The number of carbonyl (C=O) groups excluding carboxylic acids is 4. The lowest BCUT2D eigenvalue weighted by Gasteiger charge is -2.37. The normalized spacial score (nSPS) is 24.0. The number of benzene rings is 5. The van der Waals surface area contributed by atoms with E-state index < -0.39 is 76.3 Å². The second-order valence-electron chi connectivity index (χ2n) is 21.2. The Kier molecular flexibility index (Phi) is 19.7. The Morgan fingerprint density at radius 2 is 1.52 bits per heavy atom. The second-order valence-corrected chi connectivity index (χ2v) is 21.2. The molecule has 5 heterocycles. The number of Topliss-reactive ketones (excluding diaryl/α,β-unsaturated/α-hetero) is 1. The molecule has 0 aliphatic carbocycles. The monoisotopic (exact) mass is 1130 g/mol. The molecule has 3 amide bonds. The molecule has 8 N–H and O–H groups in total. The van der Waals surface area contributed by atoms with E-state index in [1.165, 1.54) is 56.5 Å². The highest BCUT2D eigenvalue weighted by atomic mass is 19.1. The van der Waals surface area contributed by atoms with Gasteiger partial charge in [0.15, 0.2) is 11.4 Å². The third kappa shape index (κ3) is 13.0. The summed E-state index contributed by atoms with van der Waals surface area (Å²) in [5, 5.41) is 61.7. The molecule has 0 saturated carbocycles. The lowest BCUT2D eigenvalue weighted by molar-refractivity contribution is -0.118. The summed E-state index contributed by atoms with van der Waals surface area (Å²) < 4.78 is 42.2. The van der Waals surface area contributed by atoms with E-state index in [0.717, 1.165) is 13.2 Å². The number of phenolic OH excluding ortho intramolecular Hbond substituents is 2. The summed E-state index contributed by atoms with van der Waals surface area (Å²) in [6, 6.07) is 17.1. The van der Waals surface area contributed by atoms with Crippen LogP contribution >= 0.6 is 0 Å². The number of aromatic hydroxyl groups is 2. The number of amides is 3. The van der Waals surface area contributed by atoms with Crippen molar-refractivity contribution in [3.05, 3.63) is 154 Å². The zero-order valence-corrected chi connectivity index (χ0v) is 47.7. The van der Waals surface area contributed by atoms with Crippen molar-refractivity contribution in [3.8, 4) is 17.2 Å². The summed E-state index contributed by atoms with van der Waals surface area (Å²) in [5.74, 6) is -7.57. The van der Waals surface area contributed by atoms with E-state index in [2.05, 4.69) is 16.0 Å². The maximum Gasteiger partial charge on any atom is 0.312 e. The number of allylic oxidation sites excluding steroid dienone is 4. The third-order valence-electron chi connectivity index (χ3n) is 15.4. The average Bonchev–Trinajstić information content (AvgIpc) is 2.84. The van der Waals surface area contributed by atoms with E-state index in [1.807, 2.05) is 45.6 Å². The van der Waals surface area contributed by atoms with Crippen molar-refractivity contribution >= 4 is 51.3 Å². The predicted octanol–water partition coefficient (Wildman–Crippen LogP) is 8.78. The van der Waals surface area contributed by atoms with Gasteiger partial charge < -0.3 is 55.9 Å². The van der Waals surface area contributed by atoms with Crippen LogP contribution in [0.2, 0.25) is 0 Å². The first-order valence-electron chi connectivity index (χ1n) is 27.7. The molecule has 4 unspecified atom stereocenters. The Labute approximate surface area is 475 Å². The Bertz CT molecular complexity index is 3440. The number of hydrogen-bond acceptors (Lipinski definition) is 14. The van der Waals surface area contributed by atoms with Gasteiger partial charge in [0.2, 0.25) is 5.91 Å². The molecule has 19 heteroatoms. The minimum atomic E-state index is -1.96. The van der Waals surface area contributed by atoms with Crippen molar-refractivity contribution in [2.75, 3.05) is 35.7 Å². The van der Waals surface area contributed by atoms with Crippen molar-refractivity contribution in [2.24, 2.45) is 27.7 Å². The Balaban J connectivity index is 0.00000237. The molecule has 5 aromatic rings. The number of aliphatic hydroxyl groups is 3. The van der Waals surface area contributed by atoms with E-state index in [1.54, 1.807) is 55.5 Å². The fourth-order valence-corrected chi connectivity index (χ4v) is 10.6. The van der Waals surface area contributed by atoms with Crippen molar-refractivity contribution in [3.63, 3.8) is 0 Å². The Hall–Kier alpha value is -8.00. The van der Waals surface area contributed by atoms with Crippen molar-refractivity contribution in [1.82, 2.24) is 5.32 Å². The molecule has 1 spiro atoms. The second kappa shape index (κ2) is 26.3. The minimum absolute atomic E-state index is 0.00456. The van der Waals surface area contributed by atoms with Crippen LogP contribution in [0.15, 0.2) is 119 Å². The SMILES string of the molecule is C/C1=C/C=C/C(C)C[C@@H](C)C(O)CC(O)[C@H](C)C/C=C/O[C@]2(C)Oc3c(C)c(O)c4c(O)c(c5c(c4c3C2=O)=NC2(CCN(c3ccc(F)cc3NC(=O)C(Cc3ccccc3)NC(=O)c3ccccc3F)CC2)N=5)NC1=O.CC.CO. The third-order valence-corrected chi connectivity index (χ3v) is 15.4. The van der Waals surface area contributed by atoms with Gasteiger partial charge >= 0.3 is 5.79 Å². The highest BCUT2D eigenvalue weighted by Gasteiger charge is 2.50. The minimum Gasteiger partial charge on any atom is -0.507 e. The number of anilines is 3. The number of ketones is 1. The summed E-state index contributed by atoms with van der Waals surface area (Å²) in [6.45, 7) is 14.7. The smallest absolute Gasteiger partial charge is 0.312 e. The topological polar surface area (TPSA) is 252 Å². The summed E-state index contributed by atoms with van der Waals surface area (Å²) in [5.41, 5.74) is -0.0878. The number of aliphatic hydroxyl groups excluding tert-OH is 3. The van der Waals surface area contributed by atoms with E-state index >= 15 is 4.39 Å². The van der Waals surface area contributed by atoms with Crippen molar-refractivity contribution in [2.45, 2.75) is 124 Å². The number of hydrogen-bond donors (Lipinski definition) is 8. The summed E-state index contributed by atoms with van der Waals surface area (Å²) in [4.78, 5) is 68.8. The van der Waals surface area contributed by atoms with Gasteiger partial charge in [-0.15, -0.1) is 0 Å². The van der Waals surface area contributed by atoms with Crippen LogP contribution in [0, 0.1) is 36.3 Å². The average molecular weight is 1130 g/mol. The summed E-state index contributed by atoms with van der Waals surface area (Å²) in [6.07, 6.45) is 8.13. The molecule has 0 aromatic heterocycles. The number of nitrogens with zero attached hydrogens (tertiary/aromatic N) is 3. The van der Waals surface area contributed by atoms with Gasteiger partial charge in [0, 0.05) is 62.9 Å². The van der Waals surface area contributed by atoms with Gasteiger partial charge in [0.1, 0.15) is 40.2 Å². The molecule has 17 nitrogen and oxygen atoms in total. The fourth-order valence-electron chi connectivity index (χ4n) is 10.6. The molecule has 1 saturated heterocycles. The lowest BCUT2D eigenvalue weighted by Crippen LogP contribution is -2.46. The van der Waals surface area contributed by atoms with Crippen LogP contribution in [0.25, 0.3) is 10.8 Å². The van der Waals surface area contributed by atoms with Crippen molar-refractivity contribution in [1.29, 1.82) is 0 Å². The predicted molar refractivity (Wildman–Crippen MR) is 309 cm³/mol. The van der Waals surface area contributed by atoms with Crippen LogP contribution in [-0.2, 0) is 20.7 Å². The molecule has 436 valence electrons. The molecular formula is C63H74F2N6O11. The number of halogens is 2. The number of ether oxygens (including phenoxy) is 2. The molecule has 1 fully saturated rings. The molecule has 5 aliphatic heterocycles. The molecule has 7 atom stereocenters. The van der Waals surface area contributed by atoms with Gasteiger partial charge in [-0.25, -0.2) is 8.78 Å². The number of carbonyl (C=O) groups is 4. The maximum absolute atomic E-state index is 15.2. The van der Waals surface area contributed by atoms with Crippen LogP contribution in [0.1, 0.15) is 112 Å². The molecule has 10 rings (SSSR count). The fraction of sp³-hybridized carbons (Fsp3) is 0.397. The quantitative estimate of drug-likeness (QED) is 0.0712. The first-order chi connectivity index (χ1) is 39.2. The van der Waals surface area contributed by atoms with Crippen LogP contribution in [0.5, 0.6) is 17.2 Å². The number of rotatable bonds is 7. The lowest BCUT2D eigenvalue weighted by atomic mass is 9.87. The van der Waals surface area contributed by atoms with Crippen LogP contribution in [-0.4, -0.2) is 98.9 Å².